The summed E-state index contributed by atoms with van der Waals surface area (Å²) < 4.78 is 0. The van der Waals surface area contributed by atoms with Crippen LogP contribution in [-0.2, 0) is 10.3 Å². The van der Waals surface area contributed by atoms with Gasteiger partial charge in [-0.3, -0.25) is 14.9 Å². The van der Waals surface area contributed by atoms with Crippen molar-refractivity contribution in [3.05, 3.63) is 58.8 Å². The summed E-state index contributed by atoms with van der Waals surface area (Å²) in [6, 6.07) is 8.55. The number of imide groups is 1. The molecule has 156 valence electrons. The molecule has 2 unspecified atom stereocenters. The lowest BCUT2D eigenvalue weighted by Crippen LogP contribution is -2.40. The van der Waals surface area contributed by atoms with E-state index in [-0.39, 0.29) is 11.9 Å². The van der Waals surface area contributed by atoms with E-state index >= 15 is 0 Å². The highest BCUT2D eigenvalue weighted by Crippen LogP contribution is 2.25. The maximum atomic E-state index is 12.9. The average Bonchev–Trinajstić information content (AvgIpc) is 3.28. The highest BCUT2D eigenvalue weighted by atomic mass is 16.2. The van der Waals surface area contributed by atoms with Gasteiger partial charge in [-0.25, -0.2) is 9.78 Å². The molecule has 3 N–H and O–H groups in total. The third kappa shape index (κ3) is 3.60. The molecule has 0 saturated carbocycles. The monoisotopic (exact) mass is 407 g/mol. The molecule has 8 nitrogen and oxygen atoms in total. The maximum Gasteiger partial charge on any atom is 0.322 e. The van der Waals surface area contributed by atoms with Crippen LogP contribution in [0, 0.1) is 13.8 Å². The van der Waals surface area contributed by atoms with Crippen LogP contribution in [-0.4, -0.2) is 46.9 Å². The van der Waals surface area contributed by atoms with Crippen LogP contribution in [0.15, 0.2) is 36.5 Å². The molecule has 1 aromatic heterocycles. The SMILES string of the molecule is Cc1cnc(NC2CCN(C(=O)c3ccc(C4(C)NC(=O)NC4=O)cc3)C2)c(C)c1. The number of nitrogens with zero attached hydrogens (tertiary/aromatic N) is 2. The average molecular weight is 407 g/mol. The van der Waals surface area contributed by atoms with Crippen LogP contribution in [0.2, 0.25) is 0 Å². The van der Waals surface area contributed by atoms with Crippen molar-refractivity contribution < 1.29 is 14.4 Å². The predicted molar refractivity (Wildman–Crippen MR) is 112 cm³/mol. The topological polar surface area (TPSA) is 103 Å². The number of carbonyl (C=O) groups is 3. The van der Waals surface area contributed by atoms with Crippen molar-refractivity contribution in [1.29, 1.82) is 0 Å². The molecular formula is C22H25N5O3. The van der Waals surface area contributed by atoms with Crippen molar-refractivity contribution >= 4 is 23.7 Å². The number of aryl methyl sites for hydroxylation is 2. The Morgan fingerprint density at radius 1 is 1.23 bits per heavy atom. The molecule has 4 rings (SSSR count). The second-order valence-corrected chi connectivity index (χ2v) is 8.17. The van der Waals surface area contributed by atoms with Gasteiger partial charge >= 0.3 is 6.03 Å². The Kier molecular flexibility index (Phi) is 4.93. The van der Waals surface area contributed by atoms with Gasteiger partial charge in [-0.15, -0.1) is 0 Å². The molecule has 2 aromatic rings. The molecule has 0 aliphatic carbocycles. The Hall–Kier alpha value is -3.42. The highest BCUT2D eigenvalue weighted by Gasteiger charge is 2.43. The number of nitrogens with one attached hydrogen (secondary N) is 3. The number of aromatic nitrogens is 1. The van der Waals surface area contributed by atoms with Crippen molar-refractivity contribution in [3.63, 3.8) is 0 Å². The van der Waals surface area contributed by atoms with Crippen LogP contribution >= 0.6 is 0 Å². The first kappa shape index (κ1) is 19.9. The molecule has 2 fully saturated rings. The van der Waals surface area contributed by atoms with Gasteiger partial charge in [0.25, 0.3) is 11.8 Å². The molecule has 3 heterocycles. The van der Waals surface area contributed by atoms with Gasteiger partial charge in [0.2, 0.25) is 0 Å². The van der Waals surface area contributed by atoms with E-state index in [1.165, 1.54) is 0 Å². The fourth-order valence-corrected chi connectivity index (χ4v) is 4.00. The van der Waals surface area contributed by atoms with E-state index in [4.69, 9.17) is 0 Å². The number of anilines is 1. The van der Waals surface area contributed by atoms with Crippen molar-refractivity contribution in [2.75, 3.05) is 18.4 Å². The fourth-order valence-electron chi connectivity index (χ4n) is 4.00. The van der Waals surface area contributed by atoms with Gasteiger partial charge in [-0.1, -0.05) is 18.2 Å². The molecule has 2 aliphatic rings. The Morgan fingerprint density at radius 2 is 1.97 bits per heavy atom. The largest absolute Gasteiger partial charge is 0.365 e. The third-order valence-corrected chi connectivity index (χ3v) is 5.79. The number of likely N-dealkylation sites (tertiary alicyclic amines) is 1. The van der Waals surface area contributed by atoms with Gasteiger partial charge in [0.1, 0.15) is 11.4 Å². The number of hydrogen-bond acceptors (Lipinski definition) is 5. The third-order valence-electron chi connectivity index (χ3n) is 5.79. The van der Waals surface area contributed by atoms with Crippen LogP contribution in [0.4, 0.5) is 10.6 Å². The van der Waals surface area contributed by atoms with E-state index in [1.54, 1.807) is 31.2 Å². The Balaban J connectivity index is 1.41. The standard InChI is InChI=1S/C22H25N5O3/c1-13-10-14(2)18(23-11-13)24-17-8-9-27(12-17)19(28)15-4-6-16(7-5-15)22(3)20(29)25-21(30)26-22/h4-7,10-11,17H,8-9,12H2,1-3H3,(H,23,24)(H2,25,26,29,30). The number of benzene rings is 1. The lowest BCUT2D eigenvalue weighted by atomic mass is 9.91. The highest BCUT2D eigenvalue weighted by molar-refractivity contribution is 6.07. The minimum atomic E-state index is -1.12. The van der Waals surface area contributed by atoms with Crippen LogP contribution in [0.3, 0.4) is 0 Å². The van der Waals surface area contributed by atoms with Gasteiger partial charge in [0.15, 0.2) is 0 Å². The first-order chi connectivity index (χ1) is 14.3. The lowest BCUT2D eigenvalue weighted by Gasteiger charge is -2.22. The number of amides is 4. The summed E-state index contributed by atoms with van der Waals surface area (Å²) in [7, 11) is 0. The first-order valence-corrected chi connectivity index (χ1v) is 9.99. The summed E-state index contributed by atoms with van der Waals surface area (Å²) in [6.45, 7) is 6.95. The van der Waals surface area contributed by atoms with Crippen molar-refractivity contribution in [3.8, 4) is 0 Å². The zero-order valence-corrected chi connectivity index (χ0v) is 17.3. The summed E-state index contributed by atoms with van der Waals surface area (Å²) in [5.74, 6) is 0.402. The zero-order valence-electron chi connectivity index (χ0n) is 17.3. The minimum Gasteiger partial charge on any atom is -0.365 e. The molecule has 2 saturated heterocycles. The van der Waals surface area contributed by atoms with Crippen molar-refractivity contribution in [1.82, 2.24) is 20.5 Å². The first-order valence-electron chi connectivity index (χ1n) is 9.99. The summed E-state index contributed by atoms with van der Waals surface area (Å²) in [6.07, 6.45) is 2.69. The van der Waals surface area contributed by atoms with Gasteiger partial charge in [-0.05, 0) is 56.0 Å². The van der Waals surface area contributed by atoms with Crippen LogP contribution in [0.1, 0.15) is 40.4 Å². The molecule has 2 atom stereocenters. The number of rotatable bonds is 4. The van der Waals surface area contributed by atoms with Crippen LogP contribution < -0.4 is 16.0 Å². The lowest BCUT2D eigenvalue weighted by molar-refractivity contribution is -0.123. The normalized spacial score (nSPS) is 23.3. The molecule has 30 heavy (non-hydrogen) atoms. The van der Waals surface area contributed by atoms with Gasteiger partial charge in [0.05, 0.1) is 0 Å². The smallest absolute Gasteiger partial charge is 0.322 e. The predicted octanol–water partition coefficient (Wildman–Crippen LogP) is 2.08. The van der Waals surface area contributed by atoms with Crippen molar-refractivity contribution in [2.45, 2.75) is 38.8 Å². The van der Waals surface area contributed by atoms with E-state index in [2.05, 4.69) is 27.0 Å². The van der Waals surface area contributed by atoms with Gasteiger partial charge in [-0.2, -0.15) is 0 Å². The van der Waals surface area contributed by atoms with E-state index in [1.807, 2.05) is 24.9 Å². The molecular weight excluding hydrogens is 382 g/mol. The molecule has 2 aliphatic heterocycles. The van der Waals surface area contributed by atoms with Crippen molar-refractivity contribution in [2.24, 2.45) is 0 Å². The van der Waals surface area contributed by atoms with E-state index in [9.17, 15) is 14.4 Å². The van der Waals surface area contributed by atoms with E-state index in [0.29, 0.717) is 24.2 Å². The number of carbonyl (C=O) groups excluding carboxylic acids is 3. The fraction of sp³-hybridized carbons (Fsp3) is 0.364. The number of hydrogen-bond donors (Lipinski definition) is 3. The molecule has 1 aromatic carbocycles. The summed E-state index contributed by atoms with van der Waals surface area (Å²) in [4.78, 5) is 42.8. The summed E-state index contributed by atoms with van der Waals surface area (Å²) >= 11 is 0. The zero-order chi connectivity index (χ0) is 21.5. The number of urea groups is 1. The second kappa shape index (κ2) is 7.44. The van der Waals surface area contributed by atoms with Gasteiger partial charge < -0.3 is 15.5 Å². The molecule has 0 bridgehead atoms. The molecule has 0 radical (unpaired) electrons. The second-order valence-electron chi connectivity index (χ2n) is 8.17. The Morgan fingerprint density at radius 3 is 2.60 bits per heavy atom. The molecule has 8 heteroatoms. The molecule has 4 amide bonds. The maximum absolute atomic E-state index is 12.9. The van der Waals surface area contributed by atoms with E-state index in [0.717, 1.165) is 23.4 Å². The Bertz CT molecular complexity index is 1020. The summed E-state index contributed by atoms with van der Waals surface area (Å²) in [5.41, 5.74) is 2.27. The van der Waals surface area contributed by atoms with Crippen LogP contribution in [0.25, 0.3) is 0 Å². The summed E-state index contributed by atoms with van der Waals surface area (Å²) in [5, 5.41) is 8.31. The number of pyridine rings is 1. The van der Waals surface area contributed by atoms with Crippen LogP contribution in [0.5, 0.6) is 0 Å². The quantitative estimate of drug-likeness (QED) is 0.674. The minimum absolute atomic E-state index is 0.0514. The van der Waals surface area contributed by atoms with E-state index < -0.39 is 17.5 Å². The van der Waals surface area contributed by atoms with Gasteiger partial charge in [0, 0.05) is 30.9 Å². The Labute approximate surface area is 175 Å². The molecule has 0 spiro atoms.